The highest BCUT2D eigenvalue weighted by molar-refractivity contribution is 5.46. The van der Waals surface area contributed by atoms with Gasteiger partial charge in [-0.15, -0.1) is 0 Å². The zero-order valence-corrected chi connectivity index (χ0v) is 7.75. The summed E-state index contributed by atoms with van der Waals surface area (Å²) in [4.78, 5) is 12.1. The van der Waals surface area contributed by atoms with Gasteiger partial charge in [0.2, 0.25) is 6.41 Å². The number of nitrogens with zero attached hydrogens (tertiary/aromatic N) is 1. The van der Waals surface area contributed by atoms with Crippen LogP contribution in [-0.4, -0.2) is 38.0 Å². The number of hydrogen-bond acceptors (Lipinski definition) is 2. The van der Waals surface area contributed by atoms with E-state index in [4.69, 9.17) is 0 Å². The normalized spacial score (nSPS) is 24.6. The first-order valence-corrected chi connectivity index (χ1v) is 4.69. The molecule has 0 aromatic carbocycles. The molecule has 12 heavy (non-hydrogen) atoms. The van der Waals surface area contributed by atoms with Crippen molar-refractivity contribution in [1.82, 2.24) is 10.2 Å². The first-order chi connectivity index (χ1) is 5.83. The number of amides is 1. The maximum Gasteiger partial charge on any atom is 0.209 e. The van der Waals surface area contributed by atoms with Crippen LogP contribution < -0.4 is 5.32 Å². The number of carbonyl (C=O) groups is 1. The number of nitrogens with one attached hydrogen (secondary N) is 1. The molecule has 0 saturated carbocycles. The zero-order valence-electron chi connectivity index (χ0n) is 7.75. The lowest BCUT2D eigenvalue weighted by atomic mass is 10.0. The minimum atomic E-state index is 0.704. The summed E-state index contributed by atoms with van der Waals surface area (Å²) < 4.78 is 0. The van der Waals surface area contributed by atoms with Gasteiger partial charge >= 0.3 is 0 Å². The second-order valence-corrected chi connectivity index (χ2v) is 3.59. The van der Waals surface area contributed by atoms with Gasteiger partial charge in [0.15, 0.2) is 0 Å². The van der Waals surface area contributed by atoms with Crippen molar-refractivity contribution in [3.63, 3.8) is 0 Å². The van der Waals surface area contributed by atoms with E-state index in [1.54, 1.807) is 4.90 Å². The molecule has 1 fully saturated rings. The van der Waals surface area contributed by atoms with Gasteiger partial charge in [0.05, 0.1) is 0 Å². The molecule has 1 N–H and O–H groups in total. The van der Waals surface area contributed by atoms with E-state index >= 15 is 0 Å². The minimum Gasteiger partial charge on any atom is -0.348 e. The van der Waals surface area contributed by atoms with E-state index in [0.29, 0.717) is 5.92 Å². The lowest BCUT2D eigenvalue weighted by Gasteiger charge is -2.18. The van der Waals surface area contributed by atoms with Crippen molar-refractivity contribution in [1.29, 1.82) is 0 Å². The van der Waals surface area contributed by atoms with Crippen molar-refractivity contribution >= 4 is 6.41 Å². The van der Waals surface area contributed by atoms with Crippen molar-refractivity contribution in [2.45, 2.75) is 19.3 Å². The van der Waals surface area contributed by atoms with Gasteiger partial charge in [0, 0.05) is 13.6 Å². The fourth-order valence-electron chi connectivity index (χ4n) is 1.72. The van der Waals surface area contributed by atoms with E-state index in [9.17, 15) is 4.79 Å². The molecular weight excluding hydrogens is 152 g/mol. The smallest absolute Gasteiger partial charge is 0.209 e. The molecule has 0 spiro atoms. The maximum atomic E-state index is 10.4. The molecule has 0 aliphatic carbocycles. The molecule has 1 aliphatic heterocycles. The highest BCUT2D eigenvalue weighted by Gasteiger charge is 2.12. The molecule has 0 aromatic rings. The third-order valence-corrected chi connectivity index (χ3v) is 2.42. The second kappa shape index (κ2) is 5.14. The monoisotopic (exact) mass is 170 g/mol. The summed E-state index contributed by atoms with van der Waals surface area (Å²) in [6.07, 6.45) is 4.62. The summed E-state index contributed by atoms with van der Waals surface area (Å²) in [5, 5.41) is 3.36. The van der Waals surface area contributed by atoms with Crippen molar-refractivity contribution in [3.8, 4) is 0 Å². The fraction of sp³-hybridized carbons (Fsp3) is 0.889. The summed E-state index contributed by atoms with van der Waals surface area (Å²) >= 11 is 0. The Morgan fingerprint density at radius 1 is 1.50 bits per heavy atom. The molecule has 3 nitrogen and oxygen atoms in total. The van der Waals surface area contributed by atoms with Crippen molar-refractivity contribution in [2.75, 3.05) is 26.7 Å². The molecule has 70 valence electrons. The van der Waals surface area contributed by atoms with Gasteiger partial charge in [0.25, 0.3) is 0 Å². The maximum absolute atomic E-state index is 10.4. The average Bonchev–Trinajstić information content (AvgIpc) is 2.33. The number of carbonyl (C=O) groups excluding carboxylic acids is 1. The van der Waals surface area contributed by atoms with Crippen LogP contribution in [0, 0.1) is 5.92 Å². The highest BCUT2D eigenvalue weighted by Crippen LogP contribution is 2.13. The molecule has 0 bridgehead atoms. The van der Waals surface area contributed by atoms with E-state index in [0.717, 1.165) is 26.0 Å². The fourth-order valence-corrected chi connectivity index (χ4v) is 1.72. The largest absolute Gasteiger partial charge is 0.348 e. The topological polar surface area (TPSA) is 32.3 Å². The first-order valence-electron chi connectivity index (χ1n) is 4.69. The SMILES string of the molecule is CN(C=O)CC1CCCNCC1. The zero-order chi connectivity index (χ0) is 8.81. The summed E-state index contributed by atoms with van der Waals surface area (Å²) in [6, 6.07) is 0. The molecule has 1 unspecified atom stereocenters. The highest BCUT2D eigenvalue weighted by atomic mass is 16.1. The van der Waals surface area contributed by atoms with Gasteiger partial charge in [0.1, 0.15) is 0 Å². The summed E-state index contributed by atoms with van der Waals surface area (Å²) in [5.41, 5.74) is 0. The molecule has 1 amide bonds. The van der Waals surface area contributed by atoms with Crippen LogP contribution in [0.15, 0.2) is 0 Å². The molecular formula is C9H18N2O. The Hall–Kier alpha value is -0.570. The molecule has 0 radical (unpaired) electrons. The molecule has 1 atom stereocenters. The molecule has 1 saturated heterocycles. The van der Waals surface area contributed by atoms with Crippen LogP contribution in [0.1, 0.15) is 19.3 Å². The molecule has 1 heterocycles. The predicted octanol–water partition coefficient (Wildman–Crippen LogP) is 0.464. The lowest BCUT2D eigenvalue weighted by Crippen LogP contribution is -2.25. The van der Waals surface area contributed by atoms with Crippen molar-refractivity contribution in [2.24, 2.45) is 5.92 Å². The van der Waals surface area contributed by atoms with Gasteiger partial charge < -0.3 is 10.2 Å². The Morgan fingerprint density at radius 3 is 3.08 bits per heavy atom. The third-order valence-electron chi connectivity index (χ3n) is 2.42. The third kappa shape index (κ3) is 3.22. The lowest BCUT2D eigenvalue weighted by molar-refractivity contribution is -0.117. The van der Waals surface area contributed by atoms with Crippen LogP contribution in [0.4, 0.5) is 0 Å². The van der Waals surface area contributed by atoms with Crippen molar-refractivity contribution in [3.05, 3.63) is 0 Å². The summed E-state index contributed by atoms with van der Waals surface area (Å²) in [5.74, 6) is 0.704. The Bertz CT molecular complexity index is 130. The first kappa shape index (κ1) is 9.52. The molecule has 0 aromatic heterocycles. The summed E-state index contributed by atoms with van der Waals surface area (Å²) in [6.45, 7) is 3.17. The Balaban J connectivity index is 2.24. The second-order valence-electron chi connectivity index (χ2n) is 3.59. The Morgan fingerprint density at radius 2 is 2.33 bits per heavy atom. The van der Waals surface area contributed by atoms with Crippen molar-refractivity contribution < 1.29 is 4.79 Å². The van der Waals surface area contributed by atoms with Gasteiger partial charge in [-0.1, -0.05) is 0 Å². The van der Waals surface area contributed by atoms with Gasteiger partial charge in [-0.3, -0.25) is 4.79 Å². The standard InChI is InChI=1S/C9H18N2O/c1-11(8-12)7-9-3-2-5-10-6-4-9/h8-10H,2-7H2,1H3. The van der Waals surface area contributed by atoms with Crippen LogP contribution in [0.25, 0.3) is 0 Å². The van der Waals surface area contributed by atoms with Crippen LogP contribution in [0.2, 0.25) is 0 Å². The van der Waals surface area contributed by atoms with E-state index in [-0.39, 0.29) is 0 Å². The predicted molar refractivity (Wildman–Crippen MR) is 48.9 cm³/mol. The van der Waals surface area contributed by atoms with Crippen LogP contribution in [0.5, 0.6) is 0 Å². The Labute approximate surface area is 74.1 Å². The Kier molecular flexibility index (Phi) is 4.08. The van der Waals surface area contributed by atoms with Crippen LogP contribution in [-0.2, 0) is 4.79 Å². The van der Waals surface area contributed by atoms with Gasteiger partial charge in [-0.05, 0) is 38.3 Å². The van der Waals surface area contributed by atoms with Gasteiger partial charge in [-0.25, -0.2) is 0 Å². The van der Waals surface area contributed by atoms with E-state index in [2.05, 4.69) is 5.32 Å². The van der Waals surface area contributed by atoms with Crippen LogP contribution >= 0.6 is 0 Å². The molecule has 3 heteroatoms. The van der Waals surface area contributed by atoms with E-state index in [1.807, 2.05) is 7.05 Å². The number of rotatable bonds is 3. The number of hydrogen-bond donors (Lipinski definition) is 1. The average molecular weight is 170 g/mol. The quantitative estimate of drug-likeness (QED) is 0.624. The van der Waals surface area contributed by atoms with Gasteiger partial charge in [-0.2, -0.15) is 0 Å². The molecule has 1 aliphatic rings. The minimum absolute atomic E-state index is 0.704. The van der Waals surface area contributed by atoms with E-state index < -0.39 is 0 Å². The van der Waals surface area contributed by atoms with E-state index in [1.165, 1.54) is 19.3 Å². The van der Waals surface area contributed by atoms with Crippen LogP contribution in [0.3, 0.4) is 0 Å². The molecule has 1 rings (SSSR count). The summed E-state index contributed by atoms with van der Waals surface area (Å²) in [7, 11) is 1.85.